The van der Waals surface area contributed by atoms with Crippen molar-refractivity contribution in [2.24, 2.45) is 17.8 Å². The number of rotatable bonds is 3. The van der Waals surface area contributed by atoms with Gasteiger partial charge in [-0.05, 0) is 147 Å². The van der Waals surface area contributed by atoms with Gasteiger partial charge in [-0.25, -0.2) is 0 Å². The Labute approximate surface area is 258 Å². The molecular formula is C42H38N2. The fraction of sp³-hybridized carbons (Fsp3) is 0.286. The van der Waals surface area contributed by atoms with Crippen LogP contribution in [0, 0.1) is 31.6 Å². The lowest BCUT2D eigenvalue weighted by Crippen LogP contribution is -2.48. The lowest BCUT2D eigenvalue weighted by molar-refractivity contribution is -0.00512. The second-order valence-electron chi connectivity index (χ2n) is 14.7. The molecule has 4 aliphatic carbocycles. The van der Waals surface area contributed by atoms with Crippen LogP contribution in [0.3, 0.4) is 0 Å². The number of nitrogens with zero attached hydrogens (tertiary/aromatic N) is 2. The third-order valence-electron chi connectivity index (χ3n) is 11.7. The summed E-state index contributed by atoms with van der Waals surface area (Å²) in [6, 6.07) is 39.5. The molecule has 0 radical (unpaired) electrons. The summed E-state index contributed by atoms with van der Waals surface area (Å²) >= 11 is 0. The molecule has 0 spiro atoms. The predicted molar refractivity (Wildman–Crippen MR) is 184 cm³/mol. The minimum absolute atomic E-state index is 0.404. The maximum absolute atomic E-state index is 2.60. The van der Waals surface area contributed by atoms with Crippen LogP contribution < -0.4 is 0 Å². The van der Waals surface area contributed by atoms with Crippen molar-refractivity contribution in [1.29, 1.82) is 0 Å². The Morgan fingerprint density at radius 1 is 0.477 bits per heavy atom. The second kappa shape index (κ2) is 8.88. The normalized spacial score (nSPS) is 24.4. The average molecular weight is 571 g/mol. The van der Waals surface area contributed by atoms with Gasteiger partial charge >= 0.3 is 0 Å². The molecule has 2 heteroatoms. The van der Waals surface area contributed by atoms with Crippen LogP contribution in [-0.4, -0.2) is 9.13 Å². The van der Waals surface area contributed by atoms with Crippen LogP contribution in [0.25, 0.3) is 55.0 Å². The Balaban J connectivity index is 1.19. The highest BCUT2D eigenvalue weighted by Gasteiger charge is 2.51. The van der Waals surface area contributed by atoms with Crippen LogP contribution in [0.5, 0.6) is 0 Å². The van der Waals surface area contributed by atoms with Gasteiger partial charge in [-0.15, -0.1) is 0 Å². The van der Waals surface area contributed by atoms with Crippen LogP contribution >= 0.6 is 0 Å². The maximum atomic E-state index is 2.60. The molecular weight excluding hydrogens is 532 g/mol. The highest BCUT2D eigenvalue weighted by atomic mass is 15.0. The van der Waals surface area contributed by atoms with Gasteiger partial charge in [0.05, 0.1) is 22.1 Å². The van der Waals surface area contributed by atoms with Crippen molar-refractivity contribution in [2.75, 3.05) is 0 Å². The van der Waals surface area contributed by atoms with Gasteiger partial charge in [0.25, 0.3) is 0 Å². The van der Waals surface area contributed by atoms with Crippen molar-refractivity contribution in [1.82, 2.24) is 9.13 Å². The number of aryl methyl sites for hydroxylation is 2. The molecule has 5 aromatic carbocycles. The smallest absolute Gasteiger partial charge is 0.0542 e. The standard InChI is InChI=1S/C42H38N2/c1-26-15-27(2)17-33(16-26)44-39-10-6-4-8-35(39)37-22-32(12-14-41(37)44)43-38-9-5-3-7-34(38)36-21-31(11-13-40(36)43)42-23-28-18-29(24-42)20-30(19-28)25-42/h3-17,21-22,28-30H,18-20,23-25H2,1-2H3. The molecule has 4 bridgehead atoms. The molecule has 4 aliphatic rings. The number of hydrogen-bond acceptors (Lipinski definition) is 0. The molecule has 216 valence electrons. The third-order valence-corrected chi connectivity index (χ3v) is 11.7. The van der Waals surface area contributed by atoms with Crippen molar-refractivity contribution in [2.45, 2.75) is 57.8 Å². The lowest BCUT2D eigenvalue weighted by Gasteiger charge is -2.57. The first kappa shape index (κ1) is 25.1. The Morgan fingerprint density at radius 3 is 1.59 bits per heavy atom. The van der Waals surface area contributed by atoms with Crippen LogP contribution in [0.1, 0.15) is 55.2 Å². The van der Waals surface area contributed by atoms with E-state index in [1.807, 2.05) is 0 Å². The number of fused-ring (bicyclic) bond motifs is 6. The van der Waals surface area contributed by atoms with Crippen molar-refractivity contribution >= 4 is 43.6 Å². The Hall–Kier alpha value is -4.30. The summed E-state index contributed by atoms with van der Waals surface area (Å²) in [5.41, 5.74) is 12.2. The first-order chi connectivity index (χ1) is 21.5. The van der Waals surface area contributed by atoms with Gasteiger partial charge in [-0.3, -0.25) is 0 Å². The largest absolute Gasteiger partial charge is 0.309 e. The van der Waals surface area contributed by atoms with Gasteiger partial charge in [0, 0.05) is 32.9 Å². The molecule has 2 nitrogen and oxygen atoms in total. The molecule has 0 atom stereocenters. The highest BCUT2D eigenvalue weighted by molar-refractivity contribution is 6.12. The number of para-hydroxylation sites is 2. The molecule has 4 fully saturated rings. The van der Waals surface area contributed by atoms with E-state index in [0.29, 0.717) is 5.41 Å². The zero-order chi connectivity index (χ0) is 29.2. The van der Waals surface area contributed by atoms with Gasteiger partial charge < -0.3 is 9.13 Å². The predicted octanol–water partition coefficient (Wildman–Crippen LogP) is 11.0. The topological polar surface area (TPSA) is 9.86 Å². The van der Waals surface area contributed by atoms with E-state index in [1.165, 1.54) is 105 Å². The maximum Gasteiger partial charge on any atom is 0.0542 e. The SMILES string of the molecule is Cc1cc(C)cc(-n2c3ccccc3c3cc(-n4c5ccccc5c5cc(C67CC8CC(CC(C8)C6)C7)ccc54)ccc32)c1. The van der Waals surface area contributed by atoms with Crippen molar-refractivity contribution < 1.29 is 0 Å². The number of hydrogen-bond donors (Lipinski definition) is 0. The molecule has 11 rings (SSSR count). The molecule has 0 saturated heterocycles. The second-order valence-corrected chi connectivity index (χ2v) is 14.7. The van der Waals surface area contributed by atoms with Gasteiger partial charge in [0.2, 0.25) is 0 Å². The molecule has 2 heterocycles. The minimum atomic E-state index is 0.404. The summed E-state index contributed by atoms with van der Waals surface area (Å²) in [6.45, 7) is 4.39. The van der Waals surface area contributed by atoms with E-state index < -0.39 is 0 Å². The lowest BCUT2D eigenvalue weighted by atomic mass is 9.48. The monoisotopic (exact) mass is 570 g/mol. The molecule has 0 N–H and O–H groups in total. The zero-order valence-corrected chi connectivity index (χ0v) is 25.7. The minimum Gasteiger partial charge on any atom is -0.309 e. The Kier molecular flexibility index (Phi) is 5.06. The zero-order valence-electron chi connectivity index (χ0n) is 25.7. The Morgan fingerprint density at radius 2 is 0.977 bits per heavy atom. The summed E-state index contributed by atoms with van der Waals surface area (Å²) < 4.78 is 4.95. The van der Waals surface area contributed by atoms with Gasteiger partial charge in [-0.2, -0.15) is 0 Å². The van der Waals surface area contributed by atoms with Gasteiger partial charge in [0.1, 0.15) is 0 Å². The van der Waals surface area contributed by atoms with E-state index in [2.05, 4.69) is 126 Å². The van der Waals surface area contributed by atoms with Crippen molar-refractivity contribution in [3.8, 4) is 11.4 Å². The van der Waals surface area contributed by atoms with Crippen LogP contribution in [0.4, 0.5) is 0 Å². The van der Waals surface area contributed by atoms with E-state index in [4.69, 9.17) is 0 Å². The van der Waals surface area contributed by atoms with Crippen LogP contribution in [-0.2, 0) is 5.41 Å². The van der Waals surface area contributed by atoms with Gasteiger partial charge in [0.15, 0.2) is 0 Å². The number of aromatic nitrogens is 2. The van der Waals surface area contributed by atoms with Gasteiger partial charge in [-0.1, -0.05) is 48.5 Å². The van der Waals surface area contributed by atoms with E-state index in [0.717, 1.165) is 17.8 Å². The molecule has 0 unspecified atom stereocenters. The molecule has 44 heavy (non-hydrogen) atoms. The molecule has 0 amide bonds. The molecule has 2 aromatic heterocycles. The first-order valence-corrected chi connectivity index (χ1v) is 16.7. The summed E-state index contributed by atoms with van der Waals surface area (Å²) in [6.07, 6.45) is 8.69. The van der Waals surface area contributed by atoms with Crippen molar-refractivity contribution in [3.05, 3.63) is 120 Å². The molecule has 7 aromatic rings. The van der Waals surface area contributed by atoms with Crippen molar-refractivity contribution in [3.63, 3.8) is 0 Å². The number of benzene rings is 5. The molecule has 4 saturated carbocycles. The third kappa shape index (κ3) is 3.49. The Bertz CT molecular complexity index is 2240. The summed E-state index contributed by atoms with van der Waals surface area (Å²) in [5.74, 6) is 2.86. The summed E-state index contributed by atoms with van der Waals surface area (Å²) in [5, 5.41) is 5.38. The summed E-state index contributed by atoms with van der Waals surface area (Å²) in [7, 11) is 0. The highest BCUT2D eigenvalue weighted by Crippen LogP contribution is 2.61. The molecule has 0 aliphatic heterocycles. The van der Waals surface area contributed by atoms with E-state index in [-0.39, 0.29) is 0 Å². The van der Waals surface area contributed by atoms with E-state index in [9.17, 15) is 0 Å². The van der Waals surface area contributed by atoms with E-state index in [1.54, 1.807) is 5.56 Å². The summed E-state index contributed by atoms with van der Waals surface area (Å²) in [4.78, 5) is 0. The van der Waals surface area contributed by atoms with Crippen LogP contribution in [0.2, 0.25) is 0 Å². The van der Waals surface area contributed by atoms with Crippen LogP contribution in [0.15, 0.2) is 103 Å². The first-order valence-electron chi connectivity index (χ1n) is 16.7. The average Bonchev–Trinajstić information content (AvgIpc) is 3.52. The quantitative estimate of drug-likeness (QED) is 0.200. The fourth-order valence-electron chi connectivity index (χ4n) is 10.5. The fourth-order valence-corrected chi connectivity index (χ4v) is 10.5. The van der Waals surface area contributed by atoms with E-state index >= 15 is 0 Å².